The predicted molar refractivity (Wildman–Crippen MR) is 85.7 cm³/mol. The molecule has 0 aliphatic carbocycles. The van der Waals surface area contributed by atoms with Crippen LogP contribution in [0.1, 0.15) is 25.0 Å². The molecule has 2 fully saturated rings. The lowest BCUT2D eigenvalue weighted by Crippen LogP contribution is -2.40. The smallest absolute Gasteiger partial charge is 0.151 e. The Morgan fingerprint density at radius 1 is 1.36 bits per heavy atom. The zero-order valence-corrected chi connectivity index (χ0v) is 14.0. The van der Waals surface area contributed by atoms with Crippen molar-refractivity contribution >= 4 is 21.4 Å². The van der Waals surface area contributed by atoms with E-state index in [1.807, 2.05) is 12.1 Å². The maximum atomic E-state index is 11.8. The number of aromatic nitrogens is 1. The van der Waals surface area contributed by atoms with Gasteiger partial charge in [0.05, 0.1) is 28.3 Å². The second-order valence-corrected chi connectivity index (χ2v) is 8.75. The minimum absolute atomic E-state index is 0.0617. The molecule has 1 aromatic heterocycles. The van der Waals surface area contributed by atoms with Crippen molar-refractivity contribution in [3.8, 4) is 0 Å². The van der Waals surface area contributed by atoms with Gasteiger partial charge in [-0.05, 0) is 31.4 Å². The van der Waals surface area contributed by atoms with Crippen molar-refractivity contribution in [3.05, 3.63) is 29.0 Å². The highest BCUT2D eigenvalue weighted by molar-refractivity contribution is 7.91. The second kappa shape index (κ2) is 6.83. The molecule has 22 heavy (non-hydrogen) atoms. The van der Waals surface area contributed by atoms with E-state index in [1.54, 1.807) is 6.20 Å². The molecular weight excluding hydrogens is 324 g/mol. The average Bonchev–Trinajstić information content (AvgIpc) is 3.10. The SMILES string of the molecule is O=S1(=O)CC[C@@H](N(Cc2ccc(Cl)cn2)C[C@H]2CCCO2)C1. The maximum Gasteiger partial charge on any atom is 0.151 e. The number of sulfone groups is 1. The van der Waals surface area contributed by atoms with Crippen molar-refractivity contribution in [3.63, 3.8) is 0 Å². The predicted octanol–water partition coefficient (Wildman–Crippen LogP) is 1.90. The Morgan fingerprint density at radius 3 is 2.82 bits per heavy atom. The molecule has 0 saturated carbocycles. The lowest BCUT2D eigenvalue weighted by atomic mass is 10.1. The molecule has 3 heterocycles. The van der Waals surface area contributed by atoms with Gasteiger partial charge in [-0.1, -0.05) is 11.6 Å². The summed E-state index contributed by atoms with van der Waals surface area (Å²) in [7, 11) is -2.90. The first-order valence-corrected chi connectivity index (χ1v) is 9.88. The first-order chi connectivity index (χ1) is 10.5. The summed E-state index contributed by atoms with van der Waals surface area (Å²) in [6.07, 6.45) is 4.66. The van der Waals surface area contributed by atoms with E-state index < -0.39 is 9.84 Å². The fraction of sp³-hybridized carbons (Fsp3) is 0.667. The molecule has 5 nitrogen and oxygen atoms in total. The highest BCUT2D eigenvalue weighted by atomic mass is 35.5. The van der Waals surface area contributed by atoms with Crippen molar-refractivity contribution in [2.24, 2.45) is 0 Å². The van der Waals surface area contributed by atoms with E-state index in [1.165, 1.54) is 0 Å². The third-order valence-corrected chi connectivity index (χ3v) is 6.31. The molecule has 122 valence electrons. The van der Waals surface area contributed by atoms with E-state index in [9.17, 15) is 8.42 Å². The Bertz CT molecular complexity index is 600. The molecule has 2 atom stereocenters. The number of pyridine rings is 1. The van der Waals surface area contributed by atoms with Crippen LogP contribution in [0.25, 0.3) is 0 Å². The lowest BCUT2D eigenvalue weighted by Gasteiger charge is -2.29. The van der Waals surface area contributed by atoms with Crippen LogP contribution < -0.4 is 0 Å². The Hall–Kier alpha value is -0.690. The van der Waals surface area contributed by atoms with Gasteiger partial charge >= 0.3 is 0 Å². The third-order valence-electron chi connectivity index (χ3n) is 4.34. The van der Waals surface area contributed by atoms with Crippen molar-refractivity contribution in [1.29, 1.82) is 0 Å². The largest absolute Gasteiger partial charge is 0.377 e. The average molecular weight is 345 g/mol. The van der Waals surface area contributed by atoms with Gasteiger partial charge in [0.2, 0.25) is 0 Å². The molecule has 3 rings (SSSR count). The van der Waals surface area contributed by atoms with Crippen molar-refractivity contribution in [1.82, 2.24) is 9.88 Å². The summed E-state index contributed by atoms with van der Waals surface area (Å²) in [6, 6.07) is 3.78. The van der Waals surface area contributed by atoms with Crippen molar-refractivity contribution in [2.45, 2.75) is 38.0 Å². The van der Waals surface area contributed by atoms with Crippen LogP contribution in [0.5, 0.6) is 0 Å². The maximum absolute atomic E-state index is 11.8. The van der Waals surface area contributed by atoms with Gasteiger partial charge in [-0.15, -0.1) is 0 Å². The number of ether oxygens (including phenoxy) is 1. The van der Waals surface area contributed by atoms with Crippen LogP contribution >= 0.6 is 11.6 Å². The van der Waals surface area contributed by atoms with E-state index in [2.05, 4.69) is 9.88 Å². The van der Waals surface area contributed by atoms with Gasteiger partial charge in [-0.25, -0.2) is 8.42 Å². The molecule has 0 amide bonds. The highest BCUT2D eigenvalue weighted by Gasteiger charge is 2.34. The Labute approximate surface area is 136 Å². The summed E-state index contributed by atoms with van der Waals surface area (Å²) >= 11 is 5.87. The van der Waals surface area contributed by atoms with E-state index in [0.717, 1.165) is 31.7 Å². The fourth-order valence-electron chi connectivity index (χ4n) is 3.16. The van der Waals surface area contributed by atoms with Gasteiger partial charge in [0.25, 0.3) is 0 Å². The minimum Gasteiger partial charge on any atom is -0.377 e. The summed E-state index contributed by atoms with van der Waals surface area (Å²) in [5.41, 5.74) is 0.909. The summed E-state index contributed by atoms with van der Waals surface area (Å²) in [4.78, 5) is 6.56. The standard InChI is InChI=1S/C15H21ClN2O3S/c16-12-3-4-13(17-8-12)9-18(10-15-2-1-6-21-15)14-5-7-22(19,20)11-14/h3-4,8,14-15H,1-2,5-7,9-11H2/t14-,15-/m1/s1. The number of hydrogen-bond acceptors (Lipinski definition) is 5. The van der Waals surface area contributed by atoms with E-state index >= 15 is 0 Å². The highest BCUT2D eigenvalue weighted by Crippen LogP contribution is 2.23. The van der Waals surface area contributed by atoms with Crippen LogP contribution in [0.4, 0.5) is 0 Å². The van der Waals surface area contributed by atoms with Crippen molar-refractivity contribution < 1.29 is 13.2 Å². The van der Waals surface area contributed by atoms with Gasteiger partial charge in [0.1, 0.15) is 0 Å². The normalized spacial score (nSPS) is 27.5. The van der Waals surface area contributed by atoms with E-state index in [0.29, 0.717) is 18.0 Å². The van der Waals surface area contributed by atoms with Crippen molar-refractivity contribution in [2.75, 3.05) is 24.7 Å². The van der Waals surface area contributed by atoms with Gasteiger partial charge in [-0.3, -0.25) is 9.88 Å². The summed E-state index contributed by atoms with van der Waals surface area (Å²) in [6.45, 7) is 2.21. The zero-order chi connectivity index (χ0) is 15.6. The molecule has 2 aliphatic rings. The number of halogens is 1. The van der Waals surface area contributed by atoms with E-state index in [4.69, 9.17) is 16.3 Å². The molecule has 0 aromatic carbocycles. The molecule has 7 heteroatoms. The van der Waals surface area contributed by atoms with Crippen LogP contribution in [0.2, 0.25) is 5.02 Å². The number of hydrogen-bond donors (Lipinski definition) is 0. The van der Waals surface area contributed by atoms with Gasteiger partial charge in [0, 0.05) is 31.9 Å². The second-order valence-electron chi connectivity index (χ2n) is 6.09. The Kier molecular flexibility index (Phi) is 5.02. The molecule has 0 spiro atoms. The van der Waals surface area contributed by atoms with Gasteiger partial charge in [0.15, 0.2) is 9.84 Å². The number of rotatable bonds is 5. The quantitative estimate of drug-likeness (QED) is 0.816. The lowest BCUT2D eigenvalue weighted by molar-refractivity contribution is 0.0569. The topological polar surface area (TPSA) is 59.5 Å². The summed E-state index contributed by atoms with van der Waals surface area (Å²) < 4.78 is 29.3. The third kappa shape index (κ3) is 4.19. The molecule has 2 aliphatic heterocycles. The monoisotopic (exact) mass is 344 g/mol. The van der Waals surface area contributed by atoms with Gasteiger partial charge in [-0.2, -0.15) is 0 Å². The van der Waals surface area contributed by atoms with E-state index in [-0.39, 0.29) is 23.7 Å². The van der Waals surface area contributed by atoms with Crippen LogP contribution in [0.3, 0.4) is 0 Å². The first-order valence-electron chi connectivity index (χ1n) is 7.68. The van der Waals surface area contributed by atoms with Crippen LogP contribution in [-0.2, 0) is 21.1 Å². The fourth-order valence-corrected chi connectivity index (χ4v) is 5.04. The molecular formula is C15H21ClN2O3S. The molecule has 0 N–H and O–H groups in total. The number of nitrogens with zero attached hydrogens (tertiary/aromatic N) is 2. The molecule has 0 radical (unpaired) electrons. The minimum atomic E-state index is -2.90. The Balaban J connectivity index is 1.71. The molecule has 1 aromatic rings. The van der Waals surface area contributed by atoms with Crippen LogP contribution in [-0.4, -0.2) is 55.1 Å². The molecule has 0 unspecified atom stereocenters. The van der Waals surface area contributed by atoms with Crippen LogP contribution in [0, 0.1) is 0 Å². The summed E-state index contributed by atoms with van der Waals surface area (Å²) in [5.74, 6) is 0.529. The Morgan fingerprint density at radius 2 is 2.23 bits per heavy atom. The van der Waals surface area contributed by atoms with Crippen LogP contribution in [0.15, 0.2) is 18.3 Å². The summed E-state index contributed by atoms with van der Waals surface area (Å²) in [5, 5.41) is 0.609. The van der Waals surface area contributed by atoms with Gasteiger partial charge < -0.3 is 4.74 Å². The molecule has 2 saturated heterocycles. The molecule has 0 bridgehead atoms. The first kappa shape index (κ1) is 16.2. The zero-order valence-electron chi connectivity index (χ0n) is 12.4.